The van der Waals surface area contributed by atoms with Crippen molar-refractivity contribution in [2.45, 2.75) is 19.4 Å². The van der Waals surface area contributed by atoms with Crippen molar-refractivity contribution in [3.63, 3.8) is 0 Å². The molecule has 0 radical (unpaired) electrons. The summed E-state index contributed by atoms with van der Waals surface area (Å²) in [6.45, 7) is 2.98. The Bertz CT molecular complexity index is 128. The Morgan fingerprint density at radius 2 is 2.27 bits per heavy atom. The summed E-state index contributed by atoms with van der Waals surface area (Å²) in [5, 5.41) is 8.69. The quantitative estimate of drug-likeness (QED) is 0.581. The van der Waals surface area contributed by atoms with Gasteiger partial charge in [-0.05, 0) is 13.5 Å². The van der Waals surface area contributed by atoms with Crippen LogP contribution in [0.15, 0.2) is 0 Å². The summed E-state index contributed by atoms with van der Waals surface area (Å²) in [4.78, 5) is 12.3. The van der Waals surface area contributed by atoms with Gasteiger partial charge < -0.3 is 10.8 Å². The summed E-state index contributed by atoms with van der Waals surface area (Å²) in [6.07, 6.45) is 0.617. The van der Waals surface area contributed by atoms with Crippen LogP contribution in [0.4, 0.5) is 0 Å². The van der Waals surface area contributed by atoms with Gasteiger partial charge in [-0.25, -0.2) is 0 Å². The molecule has 0 aromatic carbocycles. The molecule has 11 heavy (non-hydrogen) atoms. The van der Waals surface area contributed by atoms with Crippen molar-refractivity contribution < 1.29 is 9.90 Å². The van der Waals surface area contributed by atoms with Gasteiger partial charge in [-0.3, -0.25) is 9.69 Å². The smallest absolute Gasteiger partial charge is 0.320 e. The van der Waals surface area contributed by atoms with Gasteiger partial charge in [-0.2, -0.15) is 0 Å². The standard InChI is InChI=1S/C7H16N2O2/c1-3-6(7(10)11)9(2)5-4-8/h6H,3-5,8H2,1-2H3,(H,10,11). The SMILES string of the molecule is CCC(C(=O)O)N(C)CCN. The minimum Gasteiger partial charge on any atom is -0.480 e. The molecule has 0 saturated carbocycles. The zero-order chi connectivity index (χ0) is 8.85. The molecule has 1 unspecified atom stereocenters. The van der Waals surface area contributed by atoms with Crippen LogP contribution in [-0.2, 0) is 4.79 Å². The number of aliphatic carboxylic acids is 1. The van der Waals surface area contributed by atoms with E-state index < -0.39 is 12.0 Å². The van der Waals surface area contributed by atoms with Crippen LogP contribution in [0, 0.1) is 0 Å². The number of carboxylic acid groups (broad SMARTS) is 1. The third-order valence-electron chi connectivity index (χ3n) is 1.69. The van der Waals surface area contributed by atoms with Crippen molar-refractivity contribution in [2.24, 2.45) is 5.73 Å². The molecule has 0 bridgehead atoms. The van der Waals surface area contributed by atoms with E-state index in [1.165, 1.54) is 0 Å². The van der Waals surface area contributed by atoms with Crippen LogP contribution in [-0.4, -0.2) is 42.2 Å². The molecule has 0 saturated heterocycles. The molecule has 0 heterocycles. The van der Waals surface area contributed by atoms with Crippen LogP contribution >= 0.6 is 0 Å². The van der Waals surface area contributed by atoms with E-state index in [2.05, 4.69) is 0 Å². The zero-order valence-corrected chi connectivity index (χ0v) is 7.08. The molecule has 0 spiro atoms. The molecule has 0 aromatic rings. The fraction of sp³-hybridized carbons (Fsp3) is 0.857. The summed E-state index contributed by atoms with van der Waals surface area (Å²) < 4.78 is 0. The highest BCUT2D eigenvalue weighted by molar-refractivity contribution is 5.73. The minimum atomic E-state index is -0.775. The number of rotatable bonds is 5. The van der Waals surface area contributed by atoms with E-state index >= 15 is 0 Å². The molecule has 4 heteroatoms. The third kappa shape index (κ3) is 3.34. The van der Waals surface area contributed by atoms with Crippen molar-refractivity contribution in [2.75, 3.05) is 20.1 Å². The highest BCUT2D eigenvalue weighted by atomic mass is 16.4. The first-order chi connectivity index (χ1) is 5.13. The lowest BCUT2D eigenvalue weighted by Gasteiger charge is -2.22. The Kier molecular flexibility index (Phi) is 4.81. The summed E-state index contributed by atoms with van der Waals surface area (Å²) in [7, 11) is 1.77. The van der Waals surface area contributed by atoms with E-state index in [9.17, 15) is 4.79 Å². The normalized spacial score (nSPS) is 13.5. The van der Waals surface area contributed by atoms with Crippen molar-refractivity contribution in [1.29, 1.82) is 0 Å². The predicted octanol–water partition coefficient (Wildman–Crippen LogP) is -0.260. The van der Waals surface area contributed by atoms with Crippen molar-refractivity contribution in [3.05, 3.63) is 0 Å². The number of carboxylic acids is 1. The van der Waals surface area contributed by atoms with Gasteiger partial charge in [0.05, 0.1) is 0 Å². The van der Waals surface area contributed by atoms with Gasteiger partial charge in [0, 0.05) is 13.1 Å². The Labute approximate surface area is 67.0 Å². The van der Waals surface area contributed by atoms with Crippen LogP contribution in [0.5, 0.6) is 0 Å². The van der Waals surface area contributed by atoms with Crippen LogP contribution in [0.2, 0.25) is 0 Å². The maximum absolute atomic E-state index is 10.6. The number of nitrogens with zero attached hydrogens (tertiary/aromatic N) is 1. The largest absolute Gasteiger partial charge is 0.480 e. The second kappa shape index (κ2) is 5.09. The van der Waals surface area contributed by atoms with E-state index in [-0.39, 0.29) is 0 Å². The number of hydrogen-bond acceptors (Lipinski definition) is 3. The molecule has 1 atom stereocenters. The van der Waals surface area contributed by atoms with E-state index in [0.29, 0.717) is 19.5 Å². The molecule has 0 aliphatic rings. The molecule has 66 valence electrons. The van der Waals surface area contributed by atoms with Gasteiger partial charge in [0.2, 0.25) is 0 Å². The van der Waals surface area contributed by atoms with E-state index in [1.54, 1.807) is 11.9 Å². The zero-order valence-electron chi connectivity index (χ0n) is 7.08. The van der Waals surface area contributed by atoms with Gasteiger partial charge >= 0.3 is 5.97 Å². The fourth-order valence-electron chi connectivity index (χ4n) is 1.03. The van der Waals surface area contributed by atoms with Crippen LogP contribution < -0.4 is 5.73 Å². The topological polar surface area (TPSA) is 66.6 Å². The molecule has 0 amide bonds. The Hall–Kier alpha value is -0.610. The highest BCUT2D eigenvalue weighted by Crippen LogP contribution is 1.99. The summed E-state index contributed by atoms with van der Waals surface area (Å²) in [5.74, 6) is -0.775. The Morgan fingerprint density at radius 1 is 1.73 bits per heavy atom. The fourth-order valence-corrected chi connectivity index (χ4v) is 1.03. The van der Waals surface area contributed by atoms with E-state index in [4.69, 9.17) is 10.8 Å². The maximum atomic E-state index is 10.6. The minimum absolute atomic E-state index is 0.390. The van der Waals surface area contributed by atoms with Crippen LogP contribution in [0.25, 0.3) is 0 Å². The molecule has 0 aliphatic heterocycles. The molecule has 0 aromatic heterocycles. The van der Waals surface area contributed by atoms with Gasteiger partial charge in [-0.15, -0.1) is 0 Å². The molecule has 0 aliphatic carbocycles. The average molecular weight is 160 g/mol. The van der Waals surface area contributed by atoms with Crippen molar-refractivity contribution in [1.82, 2.24) is 4.90 Å². The lowest BCUT2D eigenvalue weighted by Crippen LogP contribution is -2.40. The number of hydrogen-bond donors (Lipinski definition) is 2. The van der Waals surface area contributed by atoms with Gasteiger partial charge in [0.25, 0.3) is 0 Å². The number of nitrogens with two attached hydrogens (primary N) is 1. The molecule has 0 fully saturated rings. The second-order valence-corrected chi connectivity index (χ2v) is 2.53. The maximum Gasteiger partial charge on any atom is 0.320 e. The molecule has 3 N–H and O–H groups in total. The summed E-state index contributed by atoms with van der Waals surface area (Å²) >= 11 is 0. The Balaban J connectivity index is 3.91. The van der Waals surface area contributed by atoms with E-state index in [1.807, 2.05) is 6.92 Å². The Morgan fingerprint density at radius 3 is 2.55 bits per heavy atom. The first-order valence-corrected chi connectivity index (χ1v) is 3.76. The van der Waals surface area contributed by atoms with Gasteiger partial charge in [0.15, 0.2) is 0 Å². The first-order valence-electron chi connectivity index (χ1n) is 3.76. The number of carbonyl (C=O) groups is 1. The monoisotopic (exact) mass is 160 g/mol. The van der Waals surface area contributed by atoms with Crippen molar-refractivity contribution >= 4 is 5.97 Å². The lowest BCUT2D eigenvalue weighted by atomic mass is 10.2. The average Bonchev–Trinajstić information content (AvgIpc) is 1.88. The highest BCUT2D eigenvalue weighted by Gasteiger charge is 2.18. The van der Waals surface area contributed by atoms with Crippen LogP contribution in [0.3, 0.4) is 0 Å². The molecular weight excluding hydrogens is 144 g/mol. The second-order valence-electron chi connectivity index (χ2n) is 2.53. The molecule has 4 nitrogen and oxygen atoms in total. The van der Waals surface area contributed by atoms with E-state index in [0.717, 1.165) is 0 Å². The van der Waals surface area contributed by atoms with Gasteiger partial charge in [0.1, 0.15) is 6.04 Å². The predicted molar refractivity (Wildman–Crippen MR) is 43.4 cm³/mol. The molecular formula is C7H16N2O2. The molecule has 0 rings (SSSR count). The van der Waals surface area contributed by atoms with Crippen LogP contribution in [0.1, 0.15) is 13.3 Å². The third-order valence-corrected chi connectivity index (χ3v) is 1.69. The van der Waals surface area contributed by atoms with Gasteiger partial charge in [-0.1, -0.05) is 6.92 Å². The first kappa shape index (κ1) is 10.4. The lowest BCUT2D eigenvalue weighted by molar-refractivity contribution is -0.142. The summed E-state index contributed by atoms with van der Waals surface area (Å²) in [5.41, 5.74) is 5.29. The van der Waals surface area contributed by atoms with Crippen molar-refractivity contribution in [3.8, 4) is 0 Å². The summed E-state index contributed by atoms with van der Waals surface area (Å²) in [6, 6.07) is -0.390. The number of likely N-dealkylation sites (N-methyl/N-ethyl adjacent to an activating group) is 1.